The Labute approximate surface area is 155 Å². The highest BCUT2D eigenvalue weighted by Gasteiger charge is 2.29. The molecule has 0 aliphatic heterocycles. The average molecular weight is 364 g/mol. The fraction of sp³-hybridized carbons (Fsp3) is 0.600. The van der Waals surface area contributed by atoms with Gasteiger partial charge in [0.05, 0.1) is 0 Å². The SMILES string of the molecule is CC(C)(CCCC(N)=O)c1cc(O)c(C(C)(C)CCCC(N)=O)cc1O. The Hall–Kier alpha value is -2.24. The third-order valence-electron chi connectivity index (χ3n) is 5.02. The van der Waals surface area contributed by atoms with E-state index in [4.69, 9.17) is 11.5 Å². The highest BCUT2D eigenvalue weighted by atomic mass is 16.3. The number of amides is 2. The van der Waals surface area contributed by atoms with E-state index in [0.717, 1.165) is 0 Å². The summed E-state index contributed by atoms with van der Waals surface area (Å²) in [5.74, 6) is -0.462. The summed E-state index contributed by atoms with van der Waals surface area (Å²) in [5, 5.41) is 21.1. The number of aromatic hydroxyl groups is 2. The van der Waals surface area contributed by atoms with E-state index >= 15 is 0 Å². The van der Waals surface area contributed by atoms with Crippen molar-refractivity contribution in [3.8, 4) is 11.5 Å². The monoisotopic (exact) mass is 364 g/mol. The van der Waals surface area contributed by atoms with Crippen molar-refractivity contribution in [1.29, 1.82) is 0 Å². The molecule has 0 aromatic heterocycles. The van der Waals surface area contributed by atoms with Gasteiger partial charge >= 0.3 is 0 Å². The quantitative estimate of drug-likeness (QED) is 0.476. The van der Waals surface area contributed by atoms with Crippen LogP contribution in [0.5, 0.6) is 11.5 Å². The van der Waals surface area contributed by atoms with Crippen LogP contribution in [-0.4, -0.2) is 22.0 Å². The number of phenolic OH excluding ortho intramolecular Hbond substituents is 2. The molecule has 0 heterocycles. The Balaban J connectivity index is 3.02. The summed E-state index contributed by atoms with van der Waals surface area (Å²) < 4.78 is 0. The minimum Gasteiger partial charge on any atom is -0.508 e. The second kappa shape index (κ2) is 8.43. The largest absolute Gasteiger partial charge is 0.508 e. The summed E-state index contributed by atoms with van der Waals surface area (Å²) in [4.78, 5) is 21.9. The molecule has 1 aromatic carbocycles. The fourth-order valence-corrected chi connectivity index (χ4v) is 3.34. The number of nitrogens with two attached hydrogens (primary N) is 2. The lowest BCUT2D eigenvalue weighted by atomic mass is 9.75. The van der Waals surface area contributed by atoms with E-state index < -0.39 is 10.8 Å². The zero-order valence-electron chi connectivity index (χ0n) is 16.3. The van der Waals surface area contributed by atoms with Crippen molar-refractivity contribution in [2.75, 3.05) is 0 Å². The molecule has 1 rings (SSSR count). The van der Waals surface area contributed by atoms with E-state index in [1.807, 2.05) is 27.7 Å². The van der Waals surface area contributed by atoms with Crippen LogP contribution in [0.15, 0.2) is 12.1 Å². The molecule has 1 aromatic rings. The van der Waals surface area contributed by atoms with Gasteiger partial charge in [-0.3, -0.25) is 9.59 Å². The van der Waals surface area contributed by atoms with E-state index in [0.29, 0.717) is 49.7 Å². The lowest BCUT2D eigenvalue weighted by Gasteiger charge is -2.30. The van der Waals surface area contributed by atoms with Crippen LogP contribution < -0.4 is 11.5 Å². The molecule has 0 saturated heterocycles. The molecule has 0 unspecified atom stereocenters. The Morgan fingerprint density at radius 1 is 0.808 bits per heavy atom. The van der Waals surface area contributed by atoms with Gasteiger partial charge in [-0.05, 0) is 48.6 Å². The standard InChI is InChI=1S/C20H32N2O4/c1-19(2,9-5-7-17(21)25)13-11-16(24)14(12-15(13)23)20(3,4)10-6-8-18(22)26/h11-12,23-24H,5-10H2,1-4H3,(H2,21,25)(H2,22,26). The predicted molar refractivity (Wildman–Crippen MR) is 102 cm³/mol. The summed E-state index contributed by atoms with van der Waals surface area (Å²) in [6.45, 7) is 7.83. The van der Waals surface area contributed by atoms with Gasteiger partial charge in [-0.15, -0.1) is 0 Å². The first-order valence-electron chi connectivity index (χ1n) is 9.00. The first-order chi connectivity index (χ1) is 11.9. The molecule has 0 saturated carbocycles. The highest BCUT2D eigenvalue weighted by molar-refractivity contribution is 5.74. The number of benzene rings is 1. The van der Waals surface area contributed by atoms with Crippen molar-refractivity contribution < 1.29 is 19.8 Å². The summed E-state index contributed by atoms with van der Waals surface area (Å²) >= 11 is 0. The number of carbonyl (C=O) groups excluding carboxylic acids is 2. The molecule has 6 nitrogen and oxygen atoms in total. The second-order valence-electron chi connectivity index (χ2n) is 8.29. The van der Waals surface area contributed by atoms with Crippen LogP contribution in [0.3, 0.4) is 0 Å². The van der Waals surface area contributed by atoms with E-state index in [-0.39, 0.29) is 23.3 Å². The van der Waals surface area contributed by atoms with E-state index in [1.54, 1.807) is 12.1 Å². The van der Waals surface area contributed by atoms with Crippen LogP contribution in [0.25, 0.3) is 0 Å². The average Bonchev–Trinajstić information content (AvgIpc) is 2.47. The van der Waals surface area contributed by atoms with Gasteiger partial charge in [0, 0.05) is 24.0 Å². The van der Waals surface area contributed by atoms with Crippen LogP contribution in [0.2, 0.25) is 0 Å². The van der Waals surface area contributed by atoms with Crippen LogP contribution in [-0.2, 0) is 20.4 Å². The molecule has 2 amide bonds. The molecular weight excluding hydrogens is 332 g/mol. The Bertz CT molecular complexity index is 608. The topological polar surface area (TPSA) is 127 Å². The summed E-state index contributed by atoms with van der Waals surface area (Å²) in [7, 11) is 0. The molecule has 0 aliphatic carbocycles. The summed E-state index contributed by atoms with van der Waals surface area (Å²) in [6, 6.07) is 3.20. The predicted octanol–water partition coefficient (Wildman–Crippen LogP) is 2.96. The molecule has 146 valence electrons. The molecule has 0 fully saturated rings. The second-order valence-corrected chi connectivity index (χ2v) is 8.29. The maximum absolute atomic E-state index is 10.9. The minimum atomic E-state index is -0.411. The maximum Gasteiger partial charge on any atom is 0.217 e. The van der Waals surface area contributed by atoms with Gasteiger partial charge in [-0.25, -0.2) is 0 Å². The first-order valence-corrected chi connectivity index (χ1v) is 9.00. The third-order valence-corrected chi connectivity index (χ3v) is 5.02. The zero-order valence-corrected chi connectivity index (χ0v) is 16.3. The van der Waals surface area contributed by atoms with Crippen molar-refractivity contribution in [1.82, 2.24) is 0 Å². The van der Waals surface area contributed by atoms with Crippen LogP contribution >= 0.6 is 0 Å². The van der Waals surface area contributed by atoms with E-state index in [9.17, 15) is 19.8 Å². The molecule has 0 bridgehead atoms. The minimum absolute atomic E-state index is 0.116. The van der Waals surface area contributed by atoms with Crippen LogP contribution in [0.1, 0.15) is 77.3 Å². The number of phenols is 2. The van der Waals surface area contributed by atoms with Gasteiger partial charge in [-0.1, -0.05) is 27.7 Å². The molecule has 0 aliphatic rings. The van der Waals surface area contributed by atoms with Crippen molar-refractivity contribution >= 4 is 11.8 Å². The summed E-state index contributed by atoms with van der Waals surface area (Å²) in [5.41, 5.74) is 10.8. The van der Waals surface area contributed by atoms with Gasteiger partial charge < -0.3 is 21.7 Å². The smallest absolute Gasteiger partial charge is 0.217 e. The maximum atomic E-state index is 10.9. The normalized spacial score (nSPS) is 12.2. The van der Waals surface area contributed by atoms with Gasteiger partial charge in [0.1, 0.15) is 11.5 Å². The Morgan fingerprint density at radius 3 is 1.38 bits per heavy atom. The molecule has 0 atom stereocenters. The van der Waals surface area contributed by atoms with Gasteiger partial charge in [-0.2, -0.15) is 0 Å². The molecular formula is C20H32N2O4. The van der Waals surface area contributed by atoms with Gasteiger partial charge in [0.15, 0.2) is 0 Å². The van der Waals surface area contributed by atoms with E-state index in [1.165, 1.54) is 0 Å². The Morgan fingerprint density at radius 2 is 1.12 bits per heavy atom. The number of rotatable bonds is 10. The summed E-state index contributed by atoms with van der Waals surface area (Å²) in [6.07, 6.45) is 3.13. The van der Waals surface area contributed by atoms with E-state index in [2.05, 4.69) is 0 Å². The Kier molecular flexibility index (Phi) is 7.07. The van der Waals surface area contributed by atoms with Gasteiger partial charge in [0.25, 0.3) is 0 Å². The number of primary amides is 2. The molecule has 26 heavy (non-hydrogen) atoms. The van der Waals surface area contributed by atoms with Crippen molar-refractivity contribution in [2.24, 2.45) is 11.5 Å². The first kappa shape index (κ1) is 21.8. The van der Waals surface area contributed by atoms with Gasteiger partial charge in [0.2, 0.25) is 11.8 Å². The lowest BCUT2D eigenvalue weighted by Crippen LogP contribution is -2.22. The number of hydrogen-bond acceptors (Lipinski definition) is 4. The molecule has 0 radical (unpaired) electrons. The fourth-order valence-electron chi connectivity index (χ4n) is 3.34. The van der Waals surface area contributed by atoms with Crippen molar-refractivity contribution in [3.63, 3.8) is 0 Å². The van der Waals surface area contributed by atoms with Crippen LogP contribution in [0, 0.1) is 0 Å². The van der Waals surface area contributed by atoms with Crippen molar-refractivity contribution in [3.05, 3.63) is 23.3 Å². The van der Waals surface area contributed by atoms with Crippen LogP contribution in [0.4, 0.5) is 0 Å². The molecule has 6 heteroatoms. The number of carbonyl (C=O) groups is 2. The zero-order chi connectivity index (χ0) is 20.1. The third kappa shape index (κ3) is 5.93. The molecule has 0 spiro atoms. The highest BCUT2D eigenvalue weighted by Crippen LogP contribution is 2.43. The lowest BCUT2D eigenvalue weighted by molar-refractivity contribution is -0.119. The number of hydrogen-bond donors (Lipinski definition) is 4. The molecule has 6 N–H and O–H groups in total. The van der Waals surface area contributed by atoms with Crippen molar-refractivity contribution in [2.45, 2.75) is 77.0 Å².